The molecule has 0 spiro atoms. The summed E-state index contributed by atoms with van der Waals surface area (Å²) < 4.78 is 5.82. The topological polar surface area (TPSA) is 97.0 Å². The molecule has 8 heteroatoms. The Bertz CT molecular complexity index is 1170. The summed E-state index contributed by atoms with van der Waals surface area (Å²) in [6, 6.07) is 15.5. The first-order valence-corrected chi connectivity index (χ1v) is 9.06. The summed E-state index contributed by atoms with van der Waals surface area (Å²) in [5.74, 6) is -0.585. The normalized spacial score (nSPS) is 11.4. The minimum atomic E-state index is -0.585. The predicted octanol–water partition coefficient (Wildman–Crippen LogP) is 3.72. The van der Waals surface area contributed by atoms with Crippen LogP contribution in [0.15, 0.2) is 59.5 Å². The number of ether oxygens (including phenoxy) is 1. The number of esters is 1. The number of rotatable bonds is 5. The van der Waals surface area contributed by atoms with Crippen LogP contribution in [-0.4, -0.2) is 22.9 Å². The first-order valence-electron chi connectivity index (χ1n) is 8.68. The van der Waals surface area contributed by atoms with E-state index < -0.39 is 11.5 Å². The van der Waals surface area contributed by atoms with Crippen molar-refractivity contribution in [3.05, 3.63) is 86.8 Å². The van der Waals surface area contributed by atoms with Crippen LogP contribution in [0.4, 0.5) is 5.69 Å². The van der Waals surface area contributed by atoms with Crippen LogP contribution in [0.25, 0.3) is 5.69 Å². The average molecular weight is 409 g/mol. The number of aromatic nitrogens is 2. The monoisotopic (exact) mass is 408 g/mol. The van der Waals surface area contributed by atoms with Crippen molar-refractivity contribution in [2.45, 2.75) is 13.0 Å². The molecule has 1 atom stereocenters. The van der Waals surface area contributed by atoms with E-state index >= 15 is 0 Å². The quantitative estimate of drug-likeness (QED) is 0.646. The molecule has 0 saturated carbocycles. The Labute approximate surface area is 172 Å². The highest BCUT2D eigenvalue weighted by molar-refractivity contribution is 6.33. The summed E-state index contributed by atoms with van der Waals surface area (Å²) in [6.07, 6.45) is 1.42. The van der Waals surface area contributed by atoms with E-state index in [0.29, 0.717) is 11.3 Å². The number of hydrogen-bond acceptors (Lipinski definition) is 6. The zero-order valence-corrected chi connectivity index (χ0v) is 16.5. The molecule has 146 valence electrons. The first-order chi connectivity index (χ1) is 14.0. The molecule has 3 aromatic rings. The minimum absolute atomic E-state index is 0.0667. The van der Waals surface area contributed by atoms with E-state index in [1.54, 1.807) is 42.5 Å². The van der Waals surface area contributed by atoms with Crippen LogP contribution in [0.3, 0.4) is 0 Å². The van der Waals surface area contributed by atoms with Gasteiger partial charge in [0.15, 0.2) is 0 Å². The second-order valence-corrected chi connectivity index (χ2v) is 6.58. The lowest BCUT2D eigenvalue weighted by molar-refractivity contribution is 0.0600. The van der Waals surface area contributed by atoms with Gasteiger partial charge in [-0.25, -0.2) is 4.79 Å². The molecule has 0 saturated heterocycles. The van der Waals surface area contributed by atoms with Gasteiger partial charge < -0.3 is 10.1 Å². The highest BCUT2D eigenvalue weighted by Crippen LogP contribution is 2.24. The van der Waals surface area contributed by atoms with Crippen molar-refractivity contribution in [3.63, 3.8) is 0 Å². The summed E-state index contributed by atoms with van der Waals surface area (Å²) in [6.45, 7) is 1.88. The summed E-state index contributed by atoms with van der Waals surface area (Å²) in [7, 11) is 1.26. The number of nitriles is 1. The molecule has 0 bridgehead atoms. The zero-order valence-electron chi connectivity index (χ0n) is 15.7. The van der Waals surface area contributed by atoms with Gasteiger partial charge in [-0.3, -0.25) is 4.79 Å². The molecule has 0 aliphatic carbocycles. The van der Waals surface area contributed by atoms with Crippen molar-refractivity contribution in [1.29, 1.82) is 5.26 Å². The molecule has 2 aromatic carbocycles. The van der Waals surface area contributed by atoms with Crippen molar-refractivity contribution >= 4 is 23.3 Å². The van der Waals surface area contributed by atoms with Crippen LogP contribution in [0.2, 0.25) is 5.02 Å². The summed E-state index contributed by atoms with van der Waals surface area (Å²) in [5, 5.41) is 16.3. The van der Waals surface area contributed by atoms with E-state index in [9.17, 15) is 9.59 Å². The molecule has 1 N–H and O–H groups in total. The van der Waals surface area contributed by atoms with Gasteiger partial charge in [0, 0.05) is 6.04 Å². The average Bonchev–Trinajstić information content (AvgIpc) is 2.76. The second-order valence-electron chi connectivity index (χ2n) is 6.20. The third kappa shape index (κ3) is 4.13. The number of benzene rings is 2. The standard InChI is InChI=1S/C21H17ClN4O3/c1-13(15-7-5-6-14(10-15)11-23)25-17-12-24-26(20(27)19(17)22)18-9-4-3-8-16(18)21(28)29-2/h3-10,12-13,25H,1-2H3. The first kappa shape index (κ1) is 20.1. The largest absolute Gasteiger partial charge is 0.465 e. The van der Waals surface area contributed by atoms with Crippen LogP contribution in [0.1, 0.15) is 34.5 Å². The van der Waals surface area contributed by atoms with Crippen molar-refractivity contribution in [1.82, 2.24) is 9.78 Å². The lowest BCUT2D eigenvalue weighted by Crippen LogP contribution is -2.25. The molecule has 1 aromatic heterocycles. The summed E-state index contributed by atoms with van der Waals surface area (Å²) >= 11 is 6.30. The highest BCUT2D eigenvalue weighted by Gasteiger charge is 2.18. The van der Waals surface area contributed by atoms with Crippen LogP contribution in [-0.2, 0) is 4.74 Å². The molecule has 0 fully saturated rings. The number of carbonyl (C=O) groups is 1. The molecule has 0 aliphatic heterocycles. The van der Waals surface area contributed by atoms with Crippen molar-refractivity contribution < 1.29 is 9.53 Å². The van der Waals surface area contributed by atoms with Gasteiger partial charge in [0.2, 0.25) is 0 Å². The van der Waals surface area contributed by atoms with Gasteiger partial charge in [-0.2, -0.15) is 15.0 Å². The predicted molar refractivity (Wildman–Crippen MR) is 109 cm³/mol. The molecule has 29 heavy (non-hydrogen) atoms. The fourth-order valence-electron chi connectivity index (χ4n) is 2.84. The van der Waals surface area contributed by atoms with Crippen LogP contribution < -0.4 is 10.9 Å². The maximum atomic E-state index is 12.8. The Balaban J connectivity index is 1.96. The second kappa shape index (κ2) is 8.59. The van der Waals surface area contributed by atoms with Gasteiger partial charge in [0.25, 0.3) is 5.56 Å². The Morgan fingerprint density at radius 1 is 1.28 bits per heavy atom. The third-order valence-electron chi connectivity index (χ3n) is 4.34. The highest BCUT2D eigenvalue weighted by atomic mass is 35.5. The molecule has 3 rings (SSSR count). The fraction of sp³-hybridized carbons (Fsp3) is 0.143. The maximum absolute atomic E-state index is 12.8. The van der Waals surface area contributed by atoms with Gasteiger partial charge in [0.05, 0.1) is 41.9 Å². The number of nitrogens with zero attached hydrogens (tertiary/aromatic N) is 3. The van der Waals surface area contributed by atoms with Crippen molar-refractivity contribution in [3.8, 4) is 11.8 Å². The van der Waals surface area contributed by atoms with E-state index in [1.807, 2.05) is 13.0 Å². The van der Waals surface area contributed by atoms with Gasteiger partial charge >= 0.3 is 5.97 Å². The minimum Gasteiger partial charge on any atom is -0.465 e. The summed E-state index contributed by atoms with van der Waals surface area (Å²) in [5.41, 5.74) is 1.63. The van der Waals surface area contributed by atoms with E-state index in [4.69, 9.17) is 21.6 Å². The van der Waals surface area contributed by atoms with Crippen LogP contribution in [0, 0.1) is 11.3 Å². The van der Waals surface area contributed by atoms with Crippen LogP contribution in [0.5, 0.6) is 0 Å². The van der Waals surface area contributed by atoms with Crippen molar-refractivity contribution in [2.24, 2.45) is 0 Å². The number of hydrogen-bond donors (Lipinski definition) is 1. The summed E-state index contributed by atoms with van der Waals surface area (Å²) in [4.78, 5) is 24.8. The third-order valence-corrected chi connectivity index (χ3v) is 4.71. The maximum Gasteiger partial charge on any atom is 0.340 e. The number of nitrogens with one attached hydrogen (secondary N) is 1. The Kier molecular flexibility index (Phi) is 5.96. The zero-order chi connectivity index (χ0) is 21.0. The Morgan fingerprint density at radius 3 is 2.76 bits per heavy atom. The van der Waals surface area contributed by atoms with Crippen molar-refractivity contribution in [2.75, 3.05) is 12.4 Å². The molecule has 0 aliphatic rings. The lowest BCUT2D eigenvalue weighted by atomic mass is 10.1. The Hall–Kier alpha value is -3.63. The van der Waals surface area contributed by atoms with E-state index in [0.717, 1.165) is 10.2 Å². The van der Waals surface area contributed by atoms with Gasteiger partial charge in [-0.1, -0.05) is 35.9 Å². The molecule has 1 heterocycles. The van der Waals surface area contributed by atoms with Gasteiger partial charge in [-0.15, -0.1) is 0 Å². The SMILES string of the molecule is COC(=O)c1ccccc1-n1ncc(NC(C)c2cccc(C#N)c2)c(Cl)c1=O. The molecular weight excluding hydrogens is 392 g/mol. The smallest absolute Gasteiger partial charge is 0.340 e. The van der Waals surface area contributed by atoms with E-state index in [-0.39, 0.29) is 22.3 Å². The molecule has 0 radical (unpaired) electrons. The van der Waals surface area contributed by atoms with E-state index in [2.05, 4.69) is 16.5 Å². The number of anilines is 1. The lowest BCUT2D eigenvalue weighted by Gasteiger charge is -2.17. The number of halogens is 1. The van der Waals surface area contributed by atoms with Gasteiger partial charge in [-0.05, 0) is 36.8 Å². The van der Waals surface area contributed by atoms with E-state index in [1.165, 1.54) is 13.3 Å². The molecule has 0 amide bonds. The Morgan fingerprint density at radius 2 is 2.03 bits per heavy atom. The van der Waals surface area contributed by atoms with Gasteiger partial charge in [0.1, 0.15) is 5.02 Å². The fourth-order valence-corrected chi connectivity index (χ4v) is 3.02. The number of para-hydroxylation sites is 1. The van der Waals surface area contributed by atoms with Crippen LogP contribution >= 0.6 is 11.6 Å². The molecule has 1 unspecified atom stereocenters. The molecular formula is C21H17ClN4O3. The number of carbonyl (C=O) groups excluding carboxylic acids is 1. The molecule has 7 nitrogen and oxygen atoms in total. The number of methoxy groups -OCH3 is 1.